The van der Waals surface area contributed by atoms with E-state index in [4.69, 9.17) is 27.9 Å². The highest BCUT2D eigenvalue weighted by molar-refractivity contribution is 6.46. The van der Waals surface area contributed by atoms with Gasteiger partial charge in [-0.3, -0.25) is 9.59 Å². The van der Waals surface area contributed by atoms with Gasteiger partial charge in [0, 0.05) is 12.1 Å². The maximum atomic E-state index is 13.3. The minimum Gasteiger partial charge on any atom is -0.507 e. The Labute approximate surface area is 225 Å². The van der Waals surface area contributed by atoms with Crippen molar-refractivity contribution in [3.63, 3.8) is 0 Å². The van der Waals surface area contributed by atoms with Gasteiger partial charge in [0.1, 0.15) is 5.76 Å². The van der Waals surface area contributed by atoms with Crippen LogP contribution in [0.4, 0.5) is 0 Å². The number of aliphatic hydroxyl groups is 1. The maximum absolute atomic E-state index is 13.3. The molecule has 0 aliphatic carbocycles. The smallest absolute Gasteiger partial charge is 0.338 e. The van der Waals surface area contributed by atoms with Gasteiger partial charge in [0.15, 0.2) is 0 Å². The monoisotopic (exact) mass is 537 g/mol. The van der Waals surface area contributed by atoms with Gasteiger partial charge in [0.05, 0.1) is 33.3 Å². The minimum atomic E-state index is -0.833. The number of hydrogen-bond donors (Lipinski definition) is 1. The molecule has 1 amide bonds. The molecule has 1 aliphatic heterocycles. The van der Waals surface area contributed by atoms with Crippen molar-refractivity contribution in [2.45, 2.75) is 39.5 Å². The molecular weight excluding hydrogens is 513 g/mol. The molecule has 0 saturated carbocycles. The van der Waals surface area contributed by atoms with E-state index in [-0.39, 0.29) is 34.6 Å². The van der Waals surface area contributed by atoms with E-state index in [1.54, 1.807) is 44.2 Å². The number of Topliss-reactive ketones (excluding diaryl/α,β-unsaturated/α-hetero) is 1. The van der Waals surface area contributed by atoms with Gasteiger partial charge in [-0.1, -0.05) is 65.2 Å². The second kappa shape index (κ2) is 10.8. The molecule has 37 heavy (non-hydrogen) atoms. The van der Waals surface area contributed by atoms with Crippen molar-refractivity contribution in [2.24, 2.45) is 0 Å². The lowest BCUT2D eigenvalue weighted by atomic mass is 9.94. The summed E-state index contributed by atoms with van der Waals surface area (Å²) < 4.78 is 5.23. The Balaban J connectivity index is 1.76. The van der Waals surface area contributed by atoms with Crippen molar-refractivity contribution in [3.8, 4) is 0 Å². The lowest BCUT2D eigenvalue weighted by molar-refractivity contribution is -0.140. The molecule has 190 valence electrons. The molecule has 1 unspecified atom stereocenters. The molecule has 0 bridgehead atoms. The van der Waals surface area contributed by atoms with Crippen LogP contribution in [0.5, 0.6) is 0 Å². The van der Waals surface area contributed by atoms with Crippen molar-refractivity contribution < 1.29 is 24.2 Å². The number of halogens is 2. The topological polar surface area (TPSA) is 83.9 Å². The van der Waals surface area contributed by atoms with Crippen LogP contribution in [0.3, 0.4) is 0 Å². The van der Waals surface area contributed by atoms with E-state index >= 15 is 0 Å². The van der Waals surface area contributed by atoms with Gasteiger partial charge in [-0.2, -0.15) is 0 Å². The molecule has 1 atom stereocenters. The SMILES string of the molecule is Cc1cccc(C2/C(=C(/O)c3ccc(Cl)c(Cl)c3)C(=O)C(=O)N2Cc2ccc(C(=O)OC(C)C)cc2)c1. The summed E-state index contributed by atoms with van der Waals surface area (Å²) in [5, 5.41) is 11.7. The normalized spacial score (nSPS) is 16.9. The molecule has 1 saturated heterocycles. The molecular formula is C29H25Cl2NO5. The van der Waals surface area contributed by atoms with E-state index in [1.165, 1.54) is 17.0 Å². The Kier molecular flexibility index (Phi) is 7.71. The van der Waals surface area contributed by atoms with Crippen LogP contribution in [-0.4, -0.2) is 33.8 Å². The van der Waals surface area contributed by atoms with E-state index < -0.39 is 23.7 Å². The molecule has 6 nitrogen and oxygen atoms in total. The predicted molar refractivity (Wildman–Crippen MR) is 142 cm³/mol. The van der Waals surface area contributed by atoms with E-state index in [0.717, 1.165) is 5.56 Å². The Hall–Kier alpha value is -3.61. The van der Waals surface area contributed by atoms with Gasteiger partial charge in [-0.15, -0.1) is 0 Å². The molecule has 0 radical (unpaired) electrons. The van der Waals surface area contributed by atoms with Crippen molar-refractivity contribution >= 4 is 46.6 Å². The minimum absolute atomic E-state index is 0.0360. The number of nitrogens with zero attached hydrogens (tertiary/aromatic N) is 1. The first-order chi connectivity index (χ1) is 17.6. The molecule has 8 heteroatoms. The Bertz CT molecular complexity index is 1410. The van der Waals surface area contributed by atoms with Gasteiger partial charge >= 0.3 is 5.97 Å². The van der Waals surface area contributed by atoms with Crippen molar-refractivity contribution in [2.75, 3.05) is 0 Å². The first-order valence-corrected chi connectivity index (χ1v) is 12.4. The Morgan fingerprint density at radius 3 is 2.27 bits per heavy atom. The third kappa shape index (κ3) is 5.55. The molecule has 1 fully saturated rings. The maximum Gasteiger partial charge on any atom is 0.338 e. The molecule has 1 heterocycles. The number of esters is 1. The molecule has 1 aliphatic rings. The van der Waals surface area contributed by atoms with Gasteiger partial charge in [0.25, 0.3) is 11.7 Å². The Morgan fingerprint density at radius 2 is 1.65 bits per heavy atom. The number of hydrogen-bond acceptors (Lipinski definition) is 5. The van der Waals surface area contributed by atoms with Crippen LogP contribution < -0.4 is 0 Å². The zero-order chi connectivity index (χ0) is 26.9. The number of carbonyl (C=O) groups is 3. The van der Waals surface area contributed by atoms with E-state index in [2.05, 4.69) is 0 Å². The fraction of sp³-hybridized carbons (Fsp3) is 0.207. The van der Waals surface area contributed by atoms with Crippen LogP contribution >= 0.6 is 23.2 Å². The zero-order valence-corrected chi connectivity index (χ0v) is 22.0. The standard InChI is InChI=1S/C29H25Cl2NO5/c1-16(2)37-29(36)19-9-7-18(8-10-19)15-32-25(20-6-4-5-17(3)13-20)24(27(34)28(32)35)26(33)21-11-12-22(30)23(31)14-21/h4-14,16,25,33H,15H2,1-3H3/b26-24-. The zero-order valence-electron chi connectivity index (χ0n) is 20.5. The number of aryl methyl sites for hydroxylation is 1. The number of amides is 1. The molecule has 0 spiro atoms. The second-order valence-corrected chi connectivity index (χ2v) is 9.94. The molecule has 0 aromatic heterocycles. The van der Waals surface area contributed by atoms with E-state index in [0.29, 0.717) is 21.7 Å². The van der Waals surface area contributed by atoms with E-state index in [1.807, 2.05) is 31.2 Å². The molecule has 4 rings (SSSR count). The molecule has 1 N–H and O–H groups in total. The van der Waals surface area contributed by atoms with Crippen LogP contribution in [0.2, 0.25) is 10.0 Å². The number of benzene rings is 3. The number of ketones is 1. The lowest BCUT2D eigenvalue weighted by Crippen LogP contribution is -2.29. The fourth-order valence-corrected chi connectivity index (χ4v) is 4.55. The second-order valence-electron chi connectivity index (χ2n) is 9.12. The number of carbonyl (C=O) groups excluding carboxylic acids is 3. The van der Waals surface area contributed by atoms with Crippen molar-refractivity contribution in [3.05, 3.63) is 110 Å². The average molecular weight is 538 g/mol. The van der Waals surface area contributed by atoms with Crippen LogP contribution in [0.15, 0.2) is 72.3 Å². The fourth-order valence-electron chi connectivity index (χ4n) is 4.25. The van der Waals surface area contributed by atoms with E-state index in [9.17, 15) is 19.5 Å². The number of ether oxygens (including phenoxy) is 1. The summed E-state index contributed by atoms with van der Waals surface area (Å²) >= 11 is 12.2. The summed E-state index contributed by atoms with van der Waals surface area (Å²) in [4.78, 5) is 40.1. The first-order valence-electron chi connectivity index (χ1n) is 11.7. The van der Waals surface area contributed by atoms with Crippen LogP contribution in [0, 0.1) is 6.92 Å². The summed E-state index contributed by atoms with van der Waals surface area (Å²) in [5.41, 5.74) is 2.94. The van der Waals surface area contributed by atoms with Gasteiger partial charge < -0.3 is 14.7 Å². The number of likely N-dealkylation sites (tertiary alicyclic amines) is 1. The Morgan fingerprint density at radius 1 is 0.973 bits per heavy atom. The summed E-state index contributed by atoms with van der Waals surface area (Å²) in [6.45, 7) is 5.53. The number of aliphatic hydroxyl groups excluding tert-OH is 1. The summed E-state index contributed by atoms with van der Waals surface area (Å²) in [7, 11) is 0. The summed E-state index contributed by atoms with van der Waals surface area (Å²) in [6, 6.07) is 17.8. The largest absolute Gasteiger partial charge is 0.507 e. The van der Waals surface area contributed by atoms with Crippen LogP contribution in [0.25, 0.3) is 5.76 Å². The quantitative estimate of drug-likeness (QED) is 0.168. The third-order valence-electron chi connectivity index (χ3n) is 5.98. The highest BCUT2D eigenvalue weighted by Crippen LogP contribution is 2.41. The highest BCUT2D eigenvalue weighted by Gasteiger charge is 2.46. The van der Waals surface area contributed by atoms with Gasteiger partial charge in [-0.05, 0) is 62.2 Å². The molecule has 3 aromatic rings. The third-order valence-corrected chi connectivity index (χ3v) is 6.72. The number of rotatable bonds is 6. The van der Waals surface area contributed by atoms with Crippen LogP contribution in [-0.2, 0) is 20.9 Å². The summed E-state index contributed by atoms with van der Waals surface area (Å²) in [6.07, 6.45) is -0.246. The lowest BCUT2D eigenvalue weighted by Gasteiger charge is -2.26. The predicted octanol–water partition coefficient (Wildman–Crippen LogP) is 6.49. The van der Waals surface area contributed by atoms with Crippen LogP contribution in [0.1, 0.15) is 52.5 Å². The summed E-state index contributed by atoms with van der Waals surface area (Å²) in [5.74, 6) is -2.32. The first kappa shape index (κ1) is 26.5. The van der Waals surface area contributed by atoms with Crippen molar-refractivity contribution in [1.29, 1.82) is 0 Å². The van der Waals surface area contributed by atoms with Gasteiger partial charge in [0.2, 0.25) is 0 Å². The van der Waals surface area contributed by atoms with Gasteiger partial charge in [-0.25, -0.2) is 4.79 Å². The van der Waals surface area contributed by atoms with Crippen molar-refractivity contribution in [1.82, 2.24) is 4.90 Å². The average Bonchev–Trinajstić information content (AvgIpc) is 3.10. The highest BCUT2D eigenvalue weighted by atomic mass is 35.5. The molecule has 3 aromatic carbocycles.